The first-order valence-electron chi connectivity index (χ1n) is 7.09. The van der Waals surface area contributed by atoms with Crippen LogP contribution in [0.4, 0.5) is 5.69 Å². The Bertz CT molecular complexity index is 619. The largest absolute Gasteiger partial charge is 0.480 e. The minimum absolute atomic E-state index is 0.00464. The zero-order valence-corrected chi connectivity index (χ0v) is 12.7. The van der Waals surface area contributed by atoms with E-state index >= 15 is 0 Å². The molecule has 0 spiro atoms. The molecular formula is C18H21NO2. The first-order valence-corrected chi connectivity index (χ1v) is 7.09. The molecule has 1 atom stereocenters. The first kappa shape index (κ1) is 15.1. The lowest BCUT2D eigenvalue weighted by Gasteiger charge is -2.31. The number of carboxylic acid groups (broad SMARTS) is 1. The highest BCUT2D eigenvalue weighted by Gasteiger charge is 2.20. The highest BCUT2D eigenvalue weighted by atomic mass is 16.4. The fourth-order valence-electron chi connectivity index (χ4n) is 2.56. The van der Waals surface area contributed by atoms with E-state index < -0.39 is 5.97 Å². The number of benzene rings is 2. The van der Waals surface area contributed by atoms with Crippen LogP contribution in [0.25, 0.3) is 0 Å². The van der Waals surface area contributed by atoms with E-state index in [1.165, 1.54) is 5.56 Å². The maximum atomic E-state index is 11.2. The van der Waals surface area contributed by atoms with Crippen LogP contribution in [0.5, 0.6) is 0 Å². The van der Waals surface area contributed by atoms with Gasteiger partial charge < -0.3 is 10.0 Å². The van der Waals surface area contributed by atoms with E-state index in [0.717, 1.165) is 16.8 Å². The molecule has 2 aromatic rings. The van der Waals surface area contributed by atoms with Crippen LogP contribution in [0.2, 0.25) is 0 Å². The zero-order chi connectivity index (χ0) is 15.4. The predicted molar refractivity (Wildman–Crippen MR) is 85.8 cm³/mol. The topological polar surface area (TPSA) is 40.5 Å². The normalized spacial score (nSPS) is 12.0. The molecule has 0 aromatic heterocycles. The lowest BCUT2D eigenvalue weighted by Crippen LogP contribution is -2.32. The third kappa shape index (κ3) is 3.63. The fourth-order valence-corrected chi connectivity index (χ4v) is 2.56. The Balaban J connectivity index is 2.38. The second-order valence-corrected chi connectivity index (χ2v) is 5.39. The van der Waals surface area contributed by atoms with Gasteiger partial charge in [0.05, 0.1) is 6.04 Å². The van der Waals surface area contributed by atoms with Crippen LogP contribution in [0.1, 0.15) is 29.7 Å². The first-order chi connectivity index (χ1) is 9.99. The Morgan fingerprint density at radius 2 is 1.71 bits per heavy atom. The van der Waals surface area contributed by atoms with Crippen molar-refractivity contribution in [2.75, 3.05) is 11.4 Å². The summed E-state index contributed by atoms with van der Waals surface area (Å²) in [4.78, 5) is 13.1. The van der Waals surface area contributed by atoms with E-state index in [0.29, 0.717) is 0 Å². The van der Waals surface area contributed by atoms with Crippen LogP contribution in [0, 0.1) is 13.8 Å². The molecule has 2 rings (SSSR count). The van der Waals surface area contributed by atoms with E-state index in [4.69, 9.17) is 0 Å². The average Bonchev–Trinajstić information content (AvgIpc) is 2.45. The van der Waals surface area contributed by atoms with Crippen LogP contribution in [0.15, 0.2) is 48.5 Å². The Kier molecular flexibility index (Phi) is 4.63. The van der Waals surface area contributed by atoms with Gasteiger partial charge in [-0.3, -0.25) is 4.79 Å². The minimum Gasteiger partial charge on any atom is -0.480 e. The third-order valence-electron chi connectivity index (χ3n) is 3.78. The Morgan fingerprint density at radius 3 is 2.29 bits per heavy atom. The molecule has 0 bridgehead atoms. The van der Waals surface area contributed by atoms with Crippen molar-refractivity contribution < 1.29 is 9.90 Å². The molecule has 0 radical (unpaired) electrons. The monoisotopic (exact) mass is 283 g/mol. The molecule has 110 valence electrons. The van der Waals surface area contributed by atoms with E-state index in [9.17, 15) is 9.90 Å². The van der Waals surface area contributed by atoms with Crippen LogP contribution >= 0.6 is 0 Å². The summed E-state index contributed by atoms with van der Waals surface area (Å²) in [5, 5.41) is 9.22. The van der Waals surface area contributed by atoms with Gasteiger partial charge in [-0.1, -0.05) is 42.0 Å². The summed E-state index contributed by atoms with van der Waals surface area (Å²) in [5.74, 6) is -0.823. The molecule has 0 saturated carbocycles. The molecule has 0 fully saturated rings. The van der Waals surface area contributed by atoms with Crippen molar-refractivity contribution in [2.45, 2.75) is 26.8 Å². The van der Waals surface area contributed by atoms with Gasteiger partial charge in [-0.05, 0) is 44.0 Å². The maximum Gasteiger partial charge on any atom is 0.323 e. The number of aliphatic carboxylic acids is 1. The summed E-state index contributed by atoms with van der Waals surface area (Å²) in [7, 11) is 0. The van der Waals surface area contributed by atoms with Crippen molar-refractivity contribution in [3.63, 3.8) is 0 Å². The summed E-state index contributed by atoms with van der Waals surface area (Å²) >= 11 is 0. The third-order valence-corrected chi connectivity index (χ3v) is 3.78. The Labute approximate surface area is 125 Å². The van der Waals surface area contributed by atoms with Crippen LogP contribution in [0.3, 0.4) is 0 Å². The summed E-state index contributed by atoms with van der Waals surface area (Å²) in [6.07, 6.45) is 0. The number of carboxylic acids is 1. The quantitative estimate of drug-likeness (QED) is 0.903. The van der Waals surface area contributed by atoms with Gasteiger partial charge in [0, 0.05) is 5.69 Å². The van der Waals surface area contributed by atoms with Gasteiger partial charge in [-0.25, -0.2) is 0 Å². The molecule has 0 aliphatic rings. The number of hydrogen-bond donors (Lipinski definition) is 1. The summed E-state index contributed by atoms with van der Waals surface area (Å²) < 4.78 is 0. The van der Waals surface area contributed by atoms with Crippen molar-refractivity contribution in [3.8, 4) is 0 Å². The second kappa shape index (κ2) is 6.44. The molecule has 2 aromatic carbocycles. The number of nitrogens with zero attached hydrogens (tertiary/aromatic N) is 1. The average molecular weight is 283 g/mol. The molecule has 21 heavy (non-hydrogen) atoms. The molecule has 0 heterocycles. The number of rotatable bonds is 5. The highest BCUT2D eigenvalue weighted by molar-refractivity contribution is 5.74. The molecule has 0 saturated heterocycles. The molecule has 1 unspecified atom stereocenters. The van der Waals surface area contributed by atoms with E-state index in [-0.39, 0.29) is 12.6 Å². The lowest BCUT2D eigenvalue weighted by atomic mass is 10.0. The SMILES string of the molecule is Cc1ccc(N(CC(=O)O)C(C)c2ccccc2C)cc1. The highest BCUT2D eigenvalue weighted by Crippen LogP contribution is 2.28. The smallest absolute Gasteiger partial charge is 0.323 e. The molecular weight excluding hydrogens is 262 g/mol. The van der Waals surface area contributed by atoms with Gasteiger partial charge in [-0.2, -0.15) is 0 Å². The van der Waals surface area contributed by atoms with Crippen LogP contribution in [-0.2, 0) is 4.79 Å². The molecule has 0 aliphatic heterocycles. The second-order valence-electron chi connectivity index (χ2n) is 5.39. The molecule has 3 nitrogen and oxygen atoms in total. The minimum atomic E-state index is -0.823. The number of aryl methyl sites for hydroxylation is 2. The van der Waals surface area contributed by atoms with Gasteiger partial charge in [0.25, 0.3) is 0 Å². The van der Waals surface area contributed by atoms with E-state index in [2.05, 4.69) is 19.1 Å². The van der Waals surface area contributed by atoms with E-state index in [1.54, 1.807) is 0 Å². The lowest BCUT2D eigenvalue weighted by molar-refractivity contribution is -0.135. The molecule has 1 N–H and O–H groups in total. The number of anilines is 1. The van der Waals surface area contributed by atoms with Crippen molar-refractivity contribution in [1.29, 1.82) is 0 Å². The number of hydrogen-bond acceptors (Lipinski definition) is 2. The molecule has 0 amide bonds. The van der Waals surface area contributed by atoms with Gasteiger partial charge in [0.15, 0.2) is 0 Å². The Morgan fingerprint density at radius 1 is 1.10 bits per heavy atom. The van der Waals surface area contributed by atoms with Gasteiger partial charge >= 0.3 is 5.97 Å². The standard InChI is InChI=1S/C18H21NO2/c1-13-8-10-16(11-9-13)19(12-18(20)21)15(3)17-7-5-4-6-14(17)2/h4-11,15H,12H2,1-3H3,(H,20,21). The van der Waals surface area contributed by atoms with Gasteiger partial charge in [0.1, 0.15) is 6.54 Å². The van der Waals surface area contributed by atoms with E-state index in [1.807, 2.05) is 55.1 Å². The molecule has 3 heteroatoms. The van der Waals surface area contributed by atoms with Crippen molar-refractivity contribution in [2.24, 2.45) is 0 Å². The van der Waals surface area contributed by atoms with Crippen LogP contribution < -0.4 is 4.90 Å². The zero-order valence-electron chi connectivity index (χ0n) is 12.7. The predicted octanol–water partition coefficient (Wildman–Crippen LogP) is 3.96. The van der Waals surface area contributed by atoms with Crippen molar-refractivity contribution >= 4 is 11.7 Å². The van der Waals surface area contributed by atoms with Crippen molar-refractivity contribution in [1.82, 2.24) is 0 Å². The van der Waals surface area contributed by atoms with Gasteiger partial charge in [-0.15, -0.1) is 0 Å². The summed E-state index contributed by atoms with van der Waals surface area (Å²) in [6.45, 7) is 6.11. The Hall–Kier alpha value is -2.29. The fraction of sp³-hybridized carbons (Fsp3) is 0.278. The van der Waals surface area contributed by atoms with Crippen LogP contribution in [-0.4, -0.2) is 17.6 Å². The van der Waals surface area contributed by atoms with Gasteiger partial charge in [0.2, 0.25) is 0 Å². The summed E-state index contributed by atoms with van der Waals surface area (Å²) in [6, 6.07) is 16.1. The number of carbonyl (C=O) groups is 1. The molecule has 0 aliphatic carbocycles. The van der Waals surface area contributed by atoms with Crippen molar-refractivity contribution in [3.05, 3.63) is 65.2 Å². The summed E-state index contributed by atoms with van der Waals surface area (Å²) in [5.41, 5.74) is 4.42. The maximum absolute atomic E-state index is 11.2.